The highest BCUT2D eigenvalue weighted by Gasteiger charge is 2.20. The molecule has 2 fully saturated rings. The predicted molar refractivity (Wildman–Crippen MR) is 85.7 cm³/mol. The molecule has 5 heteroatoms. The van der Waals surface area contributed by atoms with Crippen molar-refractivity contribution in [2.24, 2.45) is 10.9 Å². The van der Waals surface area contributed by atoms with E-state index < -0.39 is 0 Å². The molecule has 1 saturated carbocycles. The highest BCUT2D eigenvalue weighted by Crippen LogP contribution is 2.31. The van der Waals surface area contributed by atoms with Gasteiger partial charge in [-0.05, 0) is 38.5 Å². The normalized spacial score (nSPS) is 22.5. The number of rotatable bonds is 10. The third-order valence-electron chi connectivity index (χ3n) is 3.93. The topological polar surface area (TPSA) is 54.9 Å². The average molecular weight is 297 g/mol. The molecular weight excluding hydrogens is 266 g/mol. The molecule has 0 aromatic heterocycles. The molecule has 21 heavy (non-hydrogen) atoms. The lowest BCUT2D eigenvalue weighted by atomic mass is 10.2. The lowest BCUT2D eigenvalue weighted by molar-refractivity contribution is 0.0171. The van der Waals surface area contributed by atoms with Crippen LogP contribution < -0.4 is 10.6 Å². The summed E-state index contributed by atoms with van der Waals surface area (Å²) < 4.78 is 11.2. The molecule has 2 N–H and O–H groups in total. The molecule has 1 atom stereocenters. The Kier molecular flexibility index (Phi) is 7.89. The summed E-state index contributed by atoms with van der Waals surface area (Å²) in [5, 5.41) is 6.70. The van der Waals surface area contributed by atoms with Gasteiger partial charge in [0.05, 0.1) is 12.7 Å². The Morgan fingerprint density at radius 2 is 2.19 bits per heavy atom. The largest absolute Gasteiger partial charge is 0.379 e. The van der Waals surface area contributed by atoms with E-state index in [2.05, 4.69) is 22.5 Å². The van der Waals surface area contributed by atoms with Crippen molar-refractivity contribution in [2.45, 2.75) is 51.6 Å². The molecule has 0 amide bonds. The molecule has 0 radical (unpaired) electrons. The first-order valence-electron chi connectivity index (χ1n) is 8.60. The van der Waals surface area contributed by atoms with E-state index in [9.17, 15) is 0 Å². The molecule has 1 aliphatic carbocycles. The minimum absolute atomic E-state index is 0.329. The first kappa shape index (κ1) is 16.6. The predicted octanol–water partition coefficient (Wildman–Crippen LogP) is 1.93. The van der Waals surface area contributed by atoms with E-state index >= 15 is 0 Å². The number of guanidine groups is 1. The van der Waals surface area contributed by atoms with Gasteiger partial charge >= 0.3 is 0 Å². The summed E-state index contributed by atoms with van der Waals surface area (Å²) >= 11 is 0. The molecule has 0 bridgehead atoms. The Labute approximate surface area is 128 Å². The molecule has 0 aromatic carbocycles. The van der Waals surface area contributed by atoms with E-state index in [1.807, 2.05) is 0 Å². The SMILES string of the molecule is CCNC(=NCCCOCC1CCCO1)NCCC1CC1. The second-order valence-corrected chi connectivity index (χ2v) is 5.98. The zero-order valence-corrected chi connectivity index (χ0v) is 13.4. The molecule has 2 rings (SSSR count). The Morgan fingerprint density at radius 3 is 2.90 bits per heavy atom. The van der Waals surface area contributed by atoms with Crippen molar-refractivity contribution in [3.63, 3.8) is 0 Å². The van der Waals surface area contributed by atoms with Crippen LogP contribution in [-0.4, -0.2) is 51.5 Å². The highest BCUT2D eigenvalue weighted by atomic mass is 16.5. The average Bonchev–Trinajstić information content (AvgIpc) is 3.16. The van der Waals surface area contributed by atoms with Crippen LogP contribution in [0.4, 0.5) is 0 Å². The van der Waals surface area contributed by atoms with E-state index in [0.29, 0.717) is 6.10 Å². The Bertz CT molecular complexity index is 300. The van der Waals surface area contributed by atoms with Crippen molar-refractivity contribution in [2.75, 3.05) is 39.5 Å². The fourth-order valence-corrected chi connectivity index (χ4v) is 2.49. The highest BCUT2D eigenvalue weighted by molar-refractivity contribution is 5.79. The van der Waals surface area contributed by atoms with Gasteiger partial charge in [0.15, 0.2) is 5.96 Å². The van der Waals surface area contributed by atoms with Crippen molar-refractivity contribution < 1.29 is 9.47 Å². The molecule has 1 heterocycles. The van der Waals surface area contributed by atoms with Crippen LogP contribution in [0.1, 0.15) is 45.4 Å². The van der Waals surface area contributed by atoms with Gasteiger partial charge in [-0.2, -0.15) is 0 Å². The molecule has 122 valence electrons. The van der Waals surface area contributed by atoms with Gasteiger partial charge < -0.3 is 20.1 Å². The Hall–Kier alpha value is -0.810. The number of hydrogen-bond donors (Lipinski definition) is 2. The third kappa shape index (κ3) is 7.67. The van der Waals surface area contributed by atoms with Crippen LogP contribution in [0.25, 0.3) is 0 Å². The second-order valence-electron chi connectivity index (χ2n) is 5.98. The van der Waals surface area contributed by atoms with Crippen molar-refractivity contribution >= 4 is 5.96 Å². The number of nitrogens with zero attached hydrogens (tertiary/aromatic N) is 1. The first-order valence-corrected chi connectivity index (χ1v) is 8.60. The van der Waals surface area contributed by atoms with Crippen LogP contribution >= 0.6 is 0 Å². The summed E-state index contributed by atoms with van der Waals surface area (Å²) in [5.74, 6) is 1.91. The molecule has 1 unspecified atom stereocenters. The van der Waals surface area contributed by atoms with E-state index in [1.54, 1.807) is 0 Å². The molecule has 1 saturated heterocycles. The lowest BCUT2D eigenvalue weighted by Gasteiger charge is -2.11. The summed E-state index contributed by atoms with van der Waals surface area (Å²) in [4.78, 5) is 4.58. The molecule has 5 nitrogen and oxygen atoms in total. The summed E-state index contributed by atoms with van der Waals surface area (Å²) in [6, 6.07) is 0. The second kappa shape index (κ2) is 10.0. The van der Waals surface area contributed by atoms with Crippen molar-refractivity contribution in [1.82, 2.24) is 10.6 Å². The summed E-state index contributed by atoms with van der Waals surface area (Å²) in [6.07, 6.45) is 7.72. The Morgan fingerprint density at radius 1 is 1.29 bits per heavy atom. The zero-order valence-electron chi connectivity index (χ0n) is 13.4. The van der Waals surface area contributed by atoms with Crippen LogP contribution in [0.5, 0.6) is 0 Å². The van der Waals surface area contributed by atoms with Gasteiger partial charge in [-0.3, -0.25) is 4.99 Å². The fourth-order valence-electron chi connectivity index (χ4n) is 2.49. The quantitative estimate of drug-likeness (QED) is 0.367. The third-order valence-corrected chi connectivity index (χ3v) is 3.93. The van der Waals surface area contributed by atoms with Crippen molar-refractivity contribution in [3.05, 3.63) is 0 Å². The molecule has 0 spiro atoms. The van der Waals surface area contributed by atoms with Gasteiger partial charge in [-0.25, -0.2) is 0 Å². The van der Waals surface area contributed by atoms with Gasteiger partial charge in [0, 0.05) is 32.8 Å². The Balaban J connectivity index is 1.48. The summed E-state index contributed by atoms with van der Waals surface area (Å²) in [5.41, 5.74) is 0. The minimum atomic E-state index is 0.329. The van der Waals surface area contributed by atoms with Gasteiger partial charge in [0.1, 0.15) is 0 Å². The fraction of sp³-hybridized carbons (Fsp3) is 0.938. The van der Waals surface area contributed by atoms with Crippen LogP contribution in [0.2, 0.25) is 0 Å². The van der Waals surface area contributed by atoms with Gasteiger partial charge in [-0.15, -0.1) is 0 Å². The molecule has 1 aliphatic heterocycles. The van der Waals surface area contributed by atoms with E-state index in [4.69, 9.17) is 9.47 Å². The van der Waals surface area contributed by atoms with Gasteiger partial charge in [0.2, 0.25) is 0 Å². The smallest absolute Gasteiger partial charge is 0.191 e. The number of aliphatic imine (C=N–C) groups is 1. The van der Waals surface area contributed by atoms with Gasteiger partial charge in [-0.1, -0.05) is 12.8 Å². The van der Waals surface area contributed by atoms with E-state index in [1.165, 1.54) is 25.7 Å². The van der Waals surface area contributed by atoms with Crippen molar-refractivity contribution in [1.29, 1.82) is 0 Å². The number of ether oxygens (including phenoxy) is 2. The molecular formula is C16H31N3O2. The maximum Gasteiger partial charge on any atom is 0.191 e. The monoisotopic (exact) mass is 297 g/mol. The molecule has 0 aromatic rings. The van der Waals surface area contributed by atoms with Crippen molar-refractivity contribution in [3.8, 4) is 0 Å². The first-order chi connectivity index (χ1) is 10.4. The minimum Gasteiger partial charge on any atom is -0.379 e. The maximum absolute atomic E-state index is 5.65. The summed E-state index contributed by atoms with van der Waals surface area (Å²) in [7, 11) is 0. The standard InChI is InChI=1S/C16H31N3O2/c1-2-17-16(19-10-8-14-6-7-14)18-9-4-11-20-13-15-5-3-12-21-15/h14-15H,2-13H2,1H3,(H2,17,18,19). The van der Waals surface area contributed by atoms with E-state index in [0.717, 1.165) is 64.2 Å². The number of nitrogens with one attached hydrogen (secondary N) is 2. The van der Waals surface area contributed by atoms with Gasteiger partial charge in [0.25, 0.3) is 0 Å². The van der Waals surface area contributed by atoms with Crippen LogP contribution in [0.15, 0.2) is 4.99 Å². The maximum atomic E-state index is 5.65. The zero-order chi connectivity index (χ0) is 14.8. The van der Waals surface area contributed by atoms with E-state index in [-0.39, 0.29) is 0 Å². The number of hydrogen-bond acceptors (Lipinski definition) is 3. The van der Waals surface area contributed by atoms with Crippen LogP contribution in [-0.2, 0) is 9.47 Å². The lowest BCUT2D eigenvalue weighted by Crippen LogP contribution is -2.38. The van der Waals surface area contributed by atoms with Crippen LogP contribution in [0.3, 0.4) is 0 Å². The molecule has 2 aliphatic rings. The van der Waals surface area contributed by atoms with Crippen LogP contribution in [0, 0.1) is 5.92 Å². The summed E-state index contributed by atoms with van der Waals surface area (Å²) in [6.45, 7) is 7.26.